The fourth-order valence-electron chi connectivity index (χ4n) is 1.39. The lowest BCUT2D eigenvalue weighted by Crippen LogP contribution is -2.34. The first-order valence-corrected chi connectivity index (χ1v) is 6.52. The van der Waals surface area contributed by atoms with E-state index in [4.69, 9.17) is 24.4 Å². The third kappa shape index (κ3) is 12.2. The van der Waals surface area contributed by atoms with Gasteiger partial charge in [0.2, 0.25) is 0 Å². The van der Waals surface area contributed by atoms with Gasteiger partial charge in [-0.05, 0) is 6.92 Å². The van der Waals surface area contributed by atoms with Gasteiger partial charge < -0.3 is 24.4 Å². The van der Waals surface area contributed by atoms with Crippen molar-refractivity contribution in [3.63, 3.8) is 0 Å². The Bertz CT molecular complexity index is 147. The Morgan fingerprint density at radius 3 is 1.56 bits per heavy atom. The summed E-state index contributed by atoms with van der Waals surface area (Å²) in [5.41, 5.74) is 0. The number of aliphatic hydroxyl groups is 2. The summed E-state index contributed by atoms with van der Waals surface area (Å²) in [5.74, 6) is 0. The van der Waals surface area contributed by atoms with Gasteiger partial charge in [0.25, 0.3) is 0 Å². The molecule has 0 aromatic heterocycles. The van der Waals surface area contributed by atoms with Crippen molar-refractivity contribution in [2.45, 2.75) is 6.92 Å². The largest absolute Gasteiger partial charge is 0.394 e. The molecule has 0 heterocycles. The van der Waals surface area contributed by atoms with Crippen molar-refractivity contribution < 1.29 is 24.4 Å². The second kappa shape index (κ2) is 14.8. The van der Waals surface area contributed by atoms with Crippen molar-refractivity contribution in [2.24, 2.45) is 0 Å². The van der Waals surface area contributed by atoms with Crippen LogP contribution in [0.3, 0.4) is 0 Å². The fourth-order valence-corrected chi connectivity index (χ4v) is 1.39. The molecular weight excluding hydrogens is 238 g/mol. The standard InChI is InChI=1S/C12H27NO5/c1-2-16-8-3-13(4-9-17-11-6-14)5-10-18-12-7-15/h14-15H,2-12H2,1H3. The first kappa shape index (κ1) is 17.8. The molecule has 18 heavy (non-hydrogen) atoms. The molecule has 0 fully saturated rings. The Morgan fingerprint density at radius 1 is 0.722 bits per heavy atom. The maximum Gasteiger partial charge on any atom is 0.0698 e. The highest BCUT2D eigenvalue weighted by Gasteiger charge is 2.04. The van der Waals surface area contributed by atoms with Gasteiger partial charge in [-0.15, -0.1) is 0 Å². The number of rotatable bonds is 14. The van der Waals surface area contributed by atoms with Crippen LogP contribution in [-0.2, 0) is 14.2 Å². The van der Waals surface area contributed by atoms with Crippen molar-refractivity contribution in [2.75, 3.05) is 72.5 Å². The zero-order valence-electron chi connectivity index (χ0n) is 11.3. The van der Waals surface area contributed by atoms with Crippen molar-refractivity contribution >= 4 is 0 Å². The molecule has 0 saturated heterocycles. The zero-order chi connectivity index (χ0) is 13.5. The number of hydrogen-bond acceptors (Lipinski definition) is 6. The van der Waals surface area contributed by atoms with E-state index in [-0.39, 0.29) is 13.2 Å². The minimum atomic E-state index is 0.0541. The van der Waals surface area contributed by atoms with E-state index < -0.39 is 0 Å². The van der Waals surface area contributed by atoms with E-state index in [9.17, 15) is 0 Å². The van der Waals surface area contributed by atoms with Gasteiger partial charge in [0.15, 0.2) is 0 Å². The number of nitrogens with zero attached hydrogens (tertiary/aromatic N) is 1. The van der Waals surface area contributed by atoms with Gasteiger partial charge >= 0.3 is 0 Å². The van der Waals surface area contributed by atoms with Crippen molar-refractivity contribution in [1.82, 2.24) is 4.90 Å². The molecule has 0 aromatic rings. The average molecular weight is 265 g/mol. The summed E-state index contributed by atoms with van der Waals surface area (Å²) in [6.45, 7) is 7.83. The number of ether oxygens (including phenoxy) is 3. The van der Waals surface area contributed by atoms with Gasteiger partial charge in [-0.2, -0.15) is 0 Å². The SMILES string of the molecule is CCOCCN(CCOCCO)CCOCCO. The highest BCUT2D eigenvalue weighted by atomic mass is 16.5. The van der Waals surface area contributed by atoms with E-state index in [1.54, 1.807) is 0 Å². The number of aliphatic hydroxyl groups excluding tert-OH is 2. The minimum Gasteiger partial charge on any atom is -0.394 e. The van der Waals surface area contributed by atoms with Gasteiger partial charge in [-0.25, -0.2) is 0 Å². The van der Waals surface area contributed by atoms with Crippen LogP contribution in [0.2, 0.25) is 0 Å². The molecule has 110 valence electrons. The molecule has 0 atom stereocenters. The summed E-state index contributed by atoms with van der Waals surface area (Å²) in [4.78, 5) is 2.18. The molecule has 0 aliphatic rings. The topological polar surface area (TPSA) is 71.4 Å². The van der Waals surface area contributed by atoms with E-state index in [1.807, 2.05) is 6.92 Å². The lowest BCUT2D eigenvalue weighted by molar-refractivity contribution is 0.0389. The fraction of sp³-hybridized carbons (Fsp3) is 1.00. The molecule has 0 spiro atoms. The molecule has 0 rings (SSSR count). The predicted molar refractivity (Wildman–Crippen MR) is 68.7 cm³/mol. The molecule has 6 heteroatoms. The molecule has 0 radical (unpaired) electrons. The van der Waals surface area contributed by atoms with Crippen LogP contribution in [0.5, 0.6) is 0 Å². The van der Waals surface area contributed by atoms with Gasteiger partial charge in [0.05, 0.1) is 46.2 Å². The molecule has 0 bridgehead atoms. The molecule has 6 nitrogen and oxygen atoms in total. The quantitative estimate of drug-likeness (QED) is 0.406. The van der Waals surface area contributed by atoms with E-state index >= 15 is 0 Å². The summed E-state index contributed by atoms with van der Waals surface area (Å²) < 4.78 is 15.8. The van der Waals surface area contributed by atoms with Crippen LogP contribution in [0, 0.1) is 0 Å². The maximum atomic E-state index is 8.60. The predicted octanol–water partition coefficient (Wildman–Crippen LogP) is -0.657. The monoisotopic (exact) mass is 265 g/mol. The summed E-state index contributed by atoms with van der Waals surface area (Å²) in [5, 5.41) is 17.2. The lowest BCUT2D eigenvalue weighted by atomic mass is 10.4. The van der Waals surface area contributed by atoms with E-state index in [0.717, 1.165) is 26.2 Å². The van der Waals surface area contributed by atoms with Gasteiger partial charge in [0, 0.05) is 26.2 Å². The first-order chi connectivity index (χ1) is 8.85. The summed E-state index contributed by atoms with van der Waals surface area (Å²) >= 11 is 0. The average Bonchev–Trinajstić information content (AvgIpc) is 2.39. The summed E-state index contributed by atoms with van der Waals surface area (Å²) in [7, 11) is 0. The molecule has 0 aliphatic heterocycles. The summed E-state index contributed by atoms with van der Waals surface area (Å²) in [6.07, 6.45) is 0. The Hall–Kier alpha value is -0.240. The smallest absolute Gasteiger partial charge is 0.0698 e. The minimum absolute atomic E-state index is 0.0541. The second-order valence-corrected chi connectivity index (χ2v) is 3.71. The van der Waals surface area contributed by atoms with Crippen LogP contribution in [0.15, 0.2) is 0 Å². The van der Waals surface area contributed by atoms with Crippen LogP contribution < -0.4 is 0 Å². The Balaban J connectivity index is 3.62. The van der Waals surface area contributed by atoms with Crippen molar-refractivity contribution in [1.29, 1.82) is 0 Å². The third-order valence-corrected chi connectivity index (χ3v) is 2.33. The van der Waals surface area contributed by atoms with Gasteiger partial charge in [-0.1, -0.05) is 0 Å². The van der Waals surface area contributed by atoms with Gasteiger partial charge in [-0.3, -0.25) is 4.90 Å². The highest BCUT2D eigenvalue weighted by Crippen LogP contribution is 1.91. The lowest BCUT2D eigenvalue weighted by Gasteiger charge is -2.21. The van der Waals surface area contributed by atoms with Crippen LogP contribution in [0.1, 0.15) is 6.92 Å². The van der Waals surface area contributed by atoms with E-state index in [2.05, 4.69) is 4.90 Å². The van der Waals surface area contributed by atoms with Crippen LogP contribution in [0.25, 0.3) is 0 Å². The highest BCUT2D eigenvalue weighted by molar-refractivity contribution is 4.57. The molecule has 0 aliphatic carbocycles. The number of hydrogen-bond donors (Lipinski definition) is 2. The van der Waals surface area contributed by atoms with Crippen LogP contribution in [-0.4, -0.2) is 87.6 Å². The van der Waals surface area contributed by atoms with Crippen LogP contribution in [0.4, 0.5) is 0 Å². The summed E-state index contributed by atoms with van der Waals surface area (Å²) in [6, 6.07) is 0. The first-order valence-electron chi connectivity index (χ1n) is 6.52. The molecule has 0 amide bonds. The van der Waals surface area contributed by atoms with Crippen molar-refractivity contribution in [3.05, 3.63) is 0 Å². The molecule has 0 unspecified atom stereocenters. The molecule has 2 N–H and O–H groups in total. The van der Waals surface area contributed by atoms with Crippen molar-refractivity contribution in [3.8, 4) is 0 Å². The Kier molecular flexibility index (Phi) is 14.6. The molecule has 0 saturated carbocycles. The zero-order valence-corrected chi connectivity index (χ0v) is 11.3. The molecular formula is C12H27NO5. The van der Waals surface area contributed by atoms with Gasteiger partial charge in [0.1, 0.15) is 0 Å². The van der Waals surface area contributed by atoms with E-state index in [0.29, 0.717) is 33.0 Å². The maximum absolute atomic E-state index is 8.60. The molecule has 0 aromatic carbocycles. The van der Waals surface area contributed by atoms with E-state index in [1.165, 1.54) is 0 Å². The second-order valence-electron chi connectivity index (χ2n) is 3.71. The van der Waals surface area contributed by atoms with Crippen LogP contribution >= 0.6 is 0 Å². The Morgan fingerprint density at radius 2 is 1.17 bits per heavy atom. The third-order valence-electron chi connectivity index (χ3n) is 2.33. The Labute approximate surface area is 109 Å². The normalized spacial score (nSPS) is 11.3.